The zero-order chi connectivity index (χ0) is 12.3. The van der Waals surface area contributed by atoms with Gasteiger partial charge in [0.1, 0.15) is 5.69 Å². The van der Waals surface area contributed by atoms with Crippen molar-refractivity contribution in [2.45, 2.75) is 44.9 Å². The largest absolute Gasteiger partial charge is 0.461 e. The van der Waals surface area contributed by atoms with Crippen molar-refractivity contribution >= 4 is 11.7 Å². The maximum atomic E-state index is 11.5. The van der Waals surface area contributed by atoms with E-state index in [1.807, 2.05) is 0 Å². The Hall–Kier alpha value is -1.52. The second kappa shape index (κ2) is 5.21. The summed E-state index contributed by atoms with van der Waals surface area (Å²) in [6.45, 7) is 2.06. The Balaban J connectivity index is 2.16. The van der Waals surface area contributed by atoms with Crippen LogP contribution in [0, 0.1) is 0 Å². The van der Waals surface area contributed by atoms with Crippen molar-refractivity contribution in [1.29, 1.82) is 0 Å². The van der Waals surface area contributed by atoms with Gasteiger partial charge in [0.15, 0.2) is 5.76 Å². The maximum absolute atomic E-state index is 11.5. The van der Waals surface area contributed by atoms with Crippen LogP contribution < -0.4 is 5.73 Å². The van der Waals surface area contributed by atoms with Crippen LogP contribution in [0.5, 0.6) is 0 Å². The van der Waals surface area contributed by atoms with Crippen LogP contribution in [0.25, 0.3) is 0 Å². The minimum absolute atomic E-state index is 0.118. The van der Waals surface area contributed by atoms with Gasteiger partial charge in [0.05, 0.1) is 6.61 Å². The number of nitrogen functional groups attached to an aromatic ring is 1. The lowest BCUT2D eigenvalue weighted by Crippen LogP contribution is -2.10. The molecule has 1 heterocycles. The summed E-state index contributed by atoms with van der Waals surface area (Å²) in [4.78, 5) is 11.5. The highest BCUT2D eigenvalue weighted by atomic mass is 16.5. The summed E-state index contributed by atoms with van der Waals surface area (Å²) in [5.41, 5.74) is 6.38. The van der Waals surface area contributed by atoms with Crippen molar-refractivity contribution in [2.75, 3.05) is 12.3 Å². The predicted octanol–water partition coefficient (Wildman–Crippen LogP) is 2.48. The molecule has 0 radical (unpaired) electrons. The molecule has 17 heavy (non-hydrogen) atoms. The third kappa shape index (κ3) is 2.43. The molecular weight excluding hydrogens is 220 g/mol. The van der Waals surface area contributed by atoms with Gasteiger partial charge in [0.25, 0.3) is 0 Å². The van der Waals surface area contributed by atoms with E-state index in [0.717, 1.165) is 12.8 Å². The van der Waals surface area contributed by atoms with Crippen molar-refractivity contribution in [3.63, 3.8) is 0 Å². The molecule has 2 rings (SSSR count). The first kappa shape index (κ1) is 12.0. The SMILES string of the molecule is CCOC(=O)c1noc(C2CCCCC2)c1N. The van der Waals surface area contributed by atoms with Gasteiger partial charge in [0.2, 0.25) is 5.69 Å². The molecule has 1 aliphatic carbocycles. The quantitative estimate of drug-likeness (QED) is 0.818. The number of aromatic nitrogens is 1. The van der Waals surface area contributed by atoms with Crippen molar-refractivity contribution < 1.29 is 14.1 Å². The van der Waals surface area contributed by atoms with E-state index >= 15 is 0 Å². The highest BCUT2D eigenvalue weighted by Crippen LogP contribution is 2.36. The lowest BCUT2D eigenvalue weighted by atomic mass is 9.87. The first-order chi connectivity index (χ1) is 8.24. The number of esters is 1. The Morgan fingerprint density at radius 1 is 1.47 bits per heavy atom. The van der Waals surface area contributed by atoms with E-state index in [2.05, 4.69) is 5.16 Å². The van der Waals surface area contributed by atoms with Crippen LogP contribution >= 0.6 is 0 Å². The fraction of sp³-hybridized carbons (Fsp3) is 0.667. The molecule has 0 unspecified atom stereocenters. The van der Waals surface area contributed by atoms with Crippen LogP contribution in [-0.4, -0.2) is 17.7 Å². The van der Waals surface area contributed by atoms with E-state index in [4.69, 9.17) is 15.0 Å². The molecule has 0 aromatic carbocycles. The molecule has 5 heteroatoms. The molecule has 0 aliphatic heterocycles. The average molecular weight is 238 g/mol. The summed E-state index contributed by atoms with van der Waals surface area (Å²) < 4.78 is 10.1. The molecule has 2 N–H and O–H groups in total. The Morgan fingerprint density at radius 3 is 2.82 bits per heavy atom. The van der Waals surface area contributed by atoms with Crippen LogP contribution in [0.1, 0.15) is 61.2 Å². The number of nitrogens with two attached hydrogens (primary N) is 1. The zero-order valence-corrected chi connectivity index (χ0v) is 10.1. The number of rotatable bonds is 3. The standard InChI is InChI=1S/C12H18N2O3/c1-2-16-12(15)10-9(13)11(17-14-10)8-6-4-3-5-7-8/h8H,2-7,13H2,1H3. The first-order valence-corrected chi connectivity index (χ1v) is 6.16. The van der Waals surface area contributed by atoms with Gasteiger partial charge in [0, 0.05) is 5.92 Å². The molecule has 0 amide bonds. The molecule has 0 bridgehead atoms. The van der Waals surface area contributed by atoms with E-state index in [1.165, 1.54) is 19.3 Å². The van der Waals surface area contributed by atoms with Crippen molar-refractivity contribution in [3.05, 3.63) is 11.5 Å². The fourth-order valence-electron chi connectivity index (χ4n) is 2.32. The van der Waals surface area contributed by atoms with E-state index in [9.17, 15) is 4.79 Å². The number of hydrogen-bond acceptors (Lipinski definition) is 5. The zero-order valence-electron chi connectivity index (χ0n) is 10.1. The second-order valence-corrected chi connectivity index (χ2v) is 4.36. The third-order valence-electron chi connectivity index (χ3n) is 3.20. The molecular formula is C12H18N2O3. The number of hydrogen-bond donors (Lipinski definition) is 1. The van der Waals surface area contributed by atoms with Crippen LogP contribution in [0.3, 0.4) is 0 Å². The van der Waals surface area contributed by atoms with Gasteiger partial charge in [-0.05, 0) is 19.8 Å². The van der Waals surface area contributed by atoms with Gasteiger partial charge in [-0.15, -0.1) is 0 Å². The minimum atomic E-state index is -0.504. The molecule has 0 spiro atoms. The average Bonchev–Trinajstić information content (AvgIpc) is 2.72. The number of carbonyl (C=O) groups is 1. The topological polar surface area (TPSA) is 78.3 Å². The molecule has 0 saturated heterocycles. The molecule has 1 aliphatic rings. The molecule has 1 saturated carbocycles. The molecule has 1 aromatic heterocycles. The van der Waals surface area contributed by atoms with Crippen LogP contribution in [-0.2, 0) is 4.74 Å². The predicted molar refractivity (Wildman–Crippen MR) is 62.7 cm³/mol. The highest BCUT2D eigenvalue weighted by molar-refractivity contribution is 5.93. The van der Waals surface area contributed by atoms with Crippen molar-refractivity contribution in [3.8, 4) is 0 Å². The minimum Gasteiger partial charge on any atom is -0.461 e. The van der Waals surface area contributed by atoms with Crippen LogP contribution in [0.4, 0.5) is 5.69 Å². The summed E-state index contributed by atoms with van der Waals surface area (Å²) in [6.07, 6.45) is 5.73. The Morgan fingerprint density at radius 2 is 2.18 bits per heavy atom. The molecule has 1 fully saturated rings. The molecule has 0 atom stereocenters. The summed E-state index contributed by atoms with van der Waals surface area (Å²) in [5.74, 6) is 0.461. The van der Waals surface area contributed by atoms with E-state index < -0.39 is 5.97 Å². The Labute approximate surface area is 100 Å². The number of ether oxygens (including phenoxy) is 1. The number of carbonyl (C=O) groups excluding carboxylic acids is 1. The van der Waals surface area contributed by atoms with Crippen LogP contribution in [0.2, 0.25) is 0 Å². The summed E-state index contributed by atoms with van der Waals surface area (Å²) >= 11 is 0. The van der Waals surface area contributed by atoms with E-state index in [1.54, 1.807) is 6.92 Å². The normalized spacial score (nSPS) is 17.0. The van der Waals surface area contributed by atoms with Gasteiger partial charge in [-0.1, -0.05) is 24.4 Å². The van der Waals surface area contributed by atoms with Crippen molar-refractivity contribution in [2.24, 2.45) is 0 Å². The summed E-state index contributed by atoms with van der Waals surface area (Å²) in [7, 11) is 0. The third-order valence-corrected chi connectivity index (χ3v) is 3.20. The van der Waals surface area contributed by atoms with Gasteiger partial charge < -0.3 is 15.0 Å². The molecule has 94 valence electrons. The van der Waals surface area contributed by atoms with Gasteiger partial charge >= 0.3 is 5.97 Å². The van der Waals surface area contributed by atoms with E-state index in [0.29, 0.717) is 24.0 Å². The van der Waals surface area contributed by atoms with Gasteiger partial charge in [-0.3, -0.25) is 0 Å². The second-order valence-electron chi connectivity index (χ2n) is 4.36. The monoisotopic (exact) mass is 238 g/mol. The van der Waals surface area contributed by atoms with Gasteiger partial charge in [-0.2, -0.15) is 0 Å². The Bertz CT molecular complexity index is 394. The van der Waals surface area contributed by atoms with Crippen LogP contribution in [0.15, 0.2) is 4.52 Å². The first-order valence-electron chi connectivity index (χ1n) is 6.16. The number of anilines is 1. The number of nitrogens with zero attached hydrogens (tertiary/aromatic N) is 1. The smallest absolute Gasteiger partial charge is 0.362 e. The van der Waals surface area contributed by atoms with Gasteiger partial charge in [-0.25, -0.2) is 4.79 Å². The van der Waals surface area contributed by atoms with Crippen molar-refractivity contribution in [1.82, 2.24) is 5.16 Å². The van der Waals surface area contributed by atoms with E-state index in [-0.39, 0.29) is 5.69 Å². The Kier molecular flexibility index (Phi) is 3.66. The molecule has 5 nitrogen and oxygen atoms in total. The highest BCUT2D eigenvalue weighted by Gasteiger charge is 2.27. The summed E-state index contributed by atoms with van der Waals surface area (Å²) in [5, 5.41) is 3.73. The lowest BCUT2D eigenvalue weighted by Gasteiger charge is -2.18. The molecule has 1 aromatic rings. The summed E-state index contributed by atoms with van der Waals surface area (Å²) in [6, 6.07) is 0. The lowest BCUT2D eigenvalue weighted by molar-refractivity contribution is 0.0515. The maximum Gasteiger partial charge on any atom is 0.362 e. The fourth-order valence-corrected chi connectivity index (χ4v) is 2.32.